The molecule has 5 heteroatoms. The zero-order chi connectivity index (χ0) is 17.1. The first-order valence-corrected chi connectivity index (χ1v) is 8.86. The maximum Gasteiger partial charge on any atom is 0.270 e. The van der Waals surface area contributed by atoms with E-state index in [4.69, 9.17) is 17.0 Å². The molecule has 1 fully saturated rings. The fourth-order valence-electron chi connectivity index (χ4n) is 2.50. The minimum Gasteiger partial charge on any atom is -0.496 e. The Morgan fingerprint density at radius 1 is 1.17 bits per heavy atom. The number of rotatable bonds is 4. The summed E-state index contributed by atoms with van der Waals surface area (Å²) in [5.74, 6) is 0.634. The van der Waals surface area contributed by atoms with Gasteiger partial charge < -0.3 is 4.74 Å². The molecule has 122 valence electrons. The van der Waals surface area contributed by atoms with E-state index in [-0.39, 0.29) is 5.91 Å². The number of para-hydroxylation sites is 1. The van der Waals surface area contributed by atoms with Crippen LogP contribution >= 0.6 is 24.0 Å². The van der Waals surface area contributed by atoms with Crippen molar-refractivity contribution < 1.29 is 9.53 Å². The SMILES string of the molecule is CCc1ccc(N2C(=O)C(=Cc3ccccc3OC)SC2=S)cc1. The summed E-state index contributed by atoms with van der Waals surface area (Å²) in [7, 11) is 1.62. The highest BCUT2D eigenvalue weighted by molar-refractivity contribution is 8.27. The molecule has 0 saturated carbocycles. The van der Waals surface area contributed by atoms with Gasteiger partial charge in [0.05, 0.1) is 17.7 Å². The number of benzene rings is 2. The number of carbonyl (C=O) groups is 1. The highest BCUT2D eigenvalue weighted by Gasteiger charge is 2.33. The highest BCUT2D eigenvalue weighted by atomic mass is 32.2. The molecule has 0 unspecified atom stereocenters. The third kappa shape index (κ3) is 3.23. The second-order valence-electron chi connectivity index (χ2n) is 5.28. The molecular weight excluding hydrogens is 338 g/mol. The minimum atomic E-state index is -0.0971. The lowest BCUT2D eigenvalue weighted by atomic mass is 10.1. The summed E-state index contributed by atoms with van der Waals surface area (Å²) in [6.07, 6.45) is 2.80. The van der Waals surface area contributed by atoms with Crippen molar-refractivity contribution in [1.82, 2.24) is 0 Å². The molecule has 3 rings (SSSR count). The predicted octanol–water partition coefficient (Wildman–Crippen LogP) is 4.66. The van der Waals surface area contributed by atoms with Gasteiger partial charge in [-0.3, -0.25) is 9.69 Å². The third-order valence-corrected chi connectivity index (χ3v) is 5.12. The van der Waals surface area contributed by atoms with Gasteiger partial charge in [0.2, 0.25) is 0 Å². The molecule has 1 saturated heterocycles. The Hall–Kier alpha value is -2.11. The monoisotopic (exact) mass is 355 g/mol. The summed E-state index contributed by atoms with van der Waals surface area (Å²) in [5.41, 5.74) is 2.90. The molecule has 1 heterocycles. The fourth-order valence-corrected chi connectivity index (χ4v) is 3.79. The Kier molecular flexibility index (Phi) is 5.02. The number of amides is 1. The second kappa shape index (κ2) is 7.20. The van der Waals surface area contributed by atoms with Crippen LogP contribution in [0.15, 0.2) is 53.4 Å². The first-order valence-electron chi connectivity index (χ1n) is 7.64. The number of anilines is 1. The van der Waals surface area contributed by atoms with Gasteiger partial charge in [0, 0.05) is 5.56 Å². The van der Waals surface area contributed by atoms with E-state index in [0.717, 1.165) is 23.4 Å². The van der Waals surface area contributed by atoms with E-state index < -0.39 is 0 Å². The van der Waals surface area contributed by atoms with E-state index in [0.29, 0.717) is 9.23 Å². The Morgan fingerprint density at radius 2 is 1.88 bits per heavy atom. The van der Waals surface area contributed by atoms with Crippen LogP contribution in [0.1, 0.15) is 18.1 Å². The minimum absolute atomic E-state index is 0.0971. The number of ether oxygens (including phenoxy) is 1. The van der Waals surface area contributed by atoms with Crippen LogP contribution < -0.4 is 9.64 Å². The Labute approximate surface area is 151 Å². The molecule has 1 aliphatic heterocycles. The van der Waals surface area contributed by atoms with Crippen molar-refractivity contribution in [2.45, 2.75) is 13.3 Å². The van der Waals surface area contributed by atoms with Crippen molar-refractivity contribution >= 4 is 46.0 Å². The lowest BCUT2D eigenvalue weighted by Crippen LogP contribution is -2.27. The van der Waals surface area contributed by atoms with Crippen LogP contribution in [0.25, 0.3) is 6.08 Å². The van der Waals surface area contributed by atoms with Gasteiger partial charge in [-0.2, -0.15) is 0 Å². The van der Waals surface area contributed by atoms with Gasteiger partial charge in [-0.25, -0.2) is 0 Å². The van der Waals surface area contributed by atoms with Gasteiger partial charge in [-0.05, 0) is 36.3 Å². The van der Waals surface area contributed by atoms with E-state index in [1.807, 2.05) is 54.6 Å². The topological polar surface area (TPSA) is 29.5 Å². The Morgan fingerprint density at radius 3 is 2.54 bits per heavy atom. The van der Waals surface area contributed by atoms with Gasteiger partial charge in [0.15, 0.2) is 4.32 Å². The summed E-state index contributed by atoms with van der Waals surface area (Å²) in [4.78, 5) is 15.0. The molecule has 2 aromatic rings. The van der Waals surface area contributed by atoms with Crippen molar-refractivity contribution in [2.24, 2.45) is 0 Å². The van der Waals surface area contributed by atoms with E-state index in [1.54, 1.807) is 12.0 Å². The lowest BCUT2D eigenvalue weighted by molar-refractivity contribution is -0.113. The summed E-state index contributed by atoms with van der Waals surface area (Å²) >= 11 is 6.73. The average molecular weight is 355 g/mol. The Bertz CT molecular complexity index is 812. The normalized spacial score (nSPS) is 16.1. The van der Waals surface area contributed by atoms with Gasteiger partial charge in [-0.15, -0.1) is 0 Å². The maximum absolute atomic E-state index is 12.8. The smallest absolute Gasteiger partial charge is 0.270 e. The van der Waals surface area contributed by atoms with E-state index in [9.17, 15) is 4.79 Å². The van der Waals surface area contributed by atoms with Crippen LogP contribution in [0.3, 0.4) is 0 Å². The van der Waals surface area contributed by atoms with Crippen LogP contribution in [0.2, 0.25) is 0 Å². The molecule has 0 spiro atoms. The van der Waals surface area contributed by atoms with Gasteiger partial charge in [-0.1, -0.05) is 61.2 Å². The molecule has 0 radical (unpaired) electrons. The van der Waals surface area contributed by atoms with Crippen LogP contribution in [-0.2, 0) is 11.2 Å². The second-order valence-corrected chi connectivity index (χ2v) is 6.95. The molecular formula is C19H17NO2S2. The number of thioether (sulfide) groups is 1. The largest absolute Gasteiger partial charge is 0.496 e. The van der Waals surface area contributed by atoms with Crippen molar-refractivity contribution in [2.75, 3.05) is 12.0 Å². The average Bonchev–Trinajstić information content (AvgIpc) is 2.89. The maximum atomic E-state index is 12.8. The number of nitrogens with zero attached hydrogens (tertiary/aromatic N) is 1. The number of thiocarbonyl (C=S) groups is 1. The first kappa shape index (κ1) is 16.7. The molecule has 1 aliphatic rings. The number of hydrogen-bond acceptors (Lipinski definition) is 4. The number of carbonyl (C=O) groups excluding carboxylic acids is 1. The van der Waals surface area contributed by atoms with E-state index in [1.165, 1.54) is 17.3 Å². The molecule has 0 aliphatic carbocycles. The summed E-state index contributed by atoms with van der Waals surface area (Å²) in [6.45, 7) is 2.10. The summed E-state index contributed by atoms with van der Waals surface area (Å²) < 4.78 is 5.89. The molecule has 0 aromatic heterocycles. The van der Waals surface area contributed by atoms with Crippen LogP contribution in [0, 0.1) is 0 Å². The lowest BCUT2D eigenvalue weighted by Gasteiger charge is -2.14. The number of aryl methyl sites for hydroxylation is 1. The zero-order valence-electron chi connectivity index (χ0n) is 13.5. The van der Waals surface area contributed by atoms with E-state index in [2.05, 4.69) is 6.92 Å². The molecule has 0 N–H and O–H groups in total. The van der Waals surface area contributed by atoms with Crippen molar-refractivity contribution in [3.05, 3.63) is 64.6 Å². The standard InChI is InChI=1S/C19H17NO2S2/c1-3-13-8-10-15(11-9-13)20-18(21)17(24-19(20)23)12-14-6-4-5-7-16(14)22-2/h4-12H,3H2,1-2H3. The molecule has 3 nitrogen and oxygen atoms in total. The molecule has 2 aromatic carbocycles. The molecule has 1 amide bonds. The van der Waals surface area contributed by atoms with Gasteiger partial charge in [0.25, 0.3) is 5.91 Å². The Balaban J connectivity index is 1.92. The summed E-state index contributed by atoms with van der Waals surface area (Å²) in [6, 6.07) is 15.5. The first-order chi connectivity index (χ1) is 11.6. The van der Waals surface area contributed by atoms with Crippen molar-refractivity contribution in [3.8, 4) is 5.75 Å². The fraction of sp³-hybridized carbons (Fsp3) is 0.158. The van der Waals surface area contributed by atoms with Crippen LogP contribution in [-0.4, -0.2) is 17.3 Å². The van der Waals surface area contributed by atoms with Gasteiger partial charge >= 0.3 is 0 Å². The molecule has 24 heavy (non-hydrogen) atoms. The van der Waals surface area contributed by atoms with Crippen LogP contribution in [0.4, 0.5) is 5.69 Å². The molecule has 0 atom stereocenters. The number of methoxy groups -OCH3 is 1. The van der Waals surface area contributed by atoms with E-state index >= 15 is 0 Å². The number of hydrogen-bond donors (Lipinski definition) is 0. The highest BCUT2D eigenvalue weighted by Crippen LogP contribution is 2.37. The molecule has 0 bridgehead atoms. The van der Waals surface area contributed by atoms with Gasteiger partial charge in [0.1, 0.15) is 5.75 Å². The zero-order valence-corrected chi connectivity index (χ0v) is 15.1. The quantitative estimate of drug-likeness (QED) is 0.589. The van der Waals surface area contributed by atoms with Crippen molar-refractivity contribution in [1.29, 1.82) is 0 Å². The predicted molar refractivity (Wildman–Crippen MR) is 104 cm³/mol. The summed E-state index contributed by atoms with van der Waals surface area (Å²) in [5, 5.41) is 0. The van der Waals surface area contributed by atoms with Crippen molar-refractivity contribution in [3.63, 3.8) is 0 Å². The third-order valence-electron chi connectivity index (χ3n) is 3.82. The van der Waals surface area contributed by atoms with Crippen LogP contribution in [0.5, 0.6) is 5.75 Å².